The van der Waals surface area contributed by atoms with E-state index in [1.807, 2.05) is 36.4 Å². The van der Waals surface area contributed by atoms with Crippen molar-refractivity contribution in [2.24, 2.45) is 4.99 Å². The quantitative estimate of drug-likeness (QED) is 0.409. The Morgan fingerprint density at radius 3 is 2.42 bits per heavy atom. The van der Waals surface area contributed by atoms with E-state index in [1.54, 1.807) is 27.5 Å². The number of aliphatic imine (C=N–C) groups is 1. The third-order valence-electron chi connectivity index (χ3n) is 3.29. The Hall–Kier alpha value is -2.03. The van der Waals surface area contributed by atoms with Gasteiger partial charge in [0, 0.05) is 19.8 Å². The van der Waals surface area contributed by atoms with Gasteiger partial charge in [-0.3, -0.25) is 9.98 Å². The van der Waals surface area contributed by atoms with E-state index in [0.29, 0.717) is 30.5 Å². The minimum atomic E-state index is 0. The molecule has 0 aliphatic heterocycles. The number of aromatic nitrogens is 1. The van der Waals surface area contributed by atoms with Crippen molar-refractivity contribution in [3.8, 4) is 11.5 Å². The summed E-state index contributed by atoms with van der Waals surface area (Å²) in [5, 5.41) is 6.49. The van der Waals surface area contributed by atoms with Gasteiger partial charge in [0.1, 0.15) is 0 Å². The first-order valence-corrected chi connectivity index (χ1v) is 7.32. The molecule has 0 aliphatic rings. The largest absolute Gasteiger partial charge is 0.493 e. The van der Waals surface area contributed by atoms with E-state index in [-0.39, 0.29) is 24.0 Å². The van der Waals surface area contributed by atoms with E-state index in [0.717, 1.165) is 11.3 Å². The van der Waals surface area contributed by atoms with E-state index in [1.165, 1.54) is 0 Å². The molecule has 0 radical (unpaired) electrons. The van der Waals surface area contributed by atoms with Crippen molar-refractivity contribution in [3.05, 3.63) is 53.9 Å². The van der Waals surface area contributed by atoms with E-state index in [2.05, 4.69) is 20.6 Å². The summed E-state index contributed by atoms with van der Waals surface area (Å²) in [7, 11) is 4.99. The number of nitrogens with one attached hydrogen (secondary N) is 2. The highest BCUT2D eigenvalue weighted by Gasteiger charge is 2.05. The van der Waals surface area contributed by atoms with Crippen LogP contribution in [0, 0.1) is 0 Å². The topological polar surface area (TPSA) is 67.8 Å². The molecule has 0 unspecified atom stereocenters. The van der Waals surface area contributed by atoms with Gasteiger partial charge in [-0.1, -0.05) is 12.1 Å². The first-order valence-electron chi connectivity index (χ1n) is 7.32. The Morgan fingerprint density at radius 2 is 1.79 bits per heavy atom. The molecule has 0 spiro atoms. The summed E-state index contributed by atoms with van der Waals surface area (Å²) >= 11 is 0. The van der Waals surface area contributed by atoms with Gasteiger partial charge < -0.3 is 20.1 Å². The second kappa shape index (κ2) is 10.7. The van der Waals surface area contributed by atoms with Gasteiger partial charge in [0.05, 0.1) is 26.5 Å². The molecule has 2 aromatic rings. The molecule has 2 N–H and O–H groups in total. The molecule has 0 saturated carbocycles. The zero-order valence-corrected chi connectivity index (χ0v) is 16.4. The number of nitrogens with zero attached hydrogens (tertiary/aromatic N) is 2. The molecule has 1 aromatic heterocycles. The molecule has 0 aliphatic carbocycles. The molecule has 6 nitrogen and oxygen atoms in total. The maximum Gasteiger partial charge on any atom is 0.191 e. The Kier molecular flexibility index (Phi) is 8.92. The Labute approximate surface area is 159 Å². The lowest BCUT2D eigenvalue weighted by Crippen LogP contribution is -2.36. The Morgan fingerprint density at radius 1 is 1.04 bits per heavy atom. The molecular formula is C17H23IN4O2. The highest BCUT2D eigenvalue weighted by molar-refractivity contribution is 14.0. The Balaban J connectivity index is 0.00000288. The van der Waals surface area contributed by atoms with Gasteiger partial charge in [-0.15, -0.1) is 24.0 Å². The van der Waals surface area contributed by atoms with Crippen LogP contribution in [-0.4, -0.2) is 32.2 Å². The van der Waals surface area contributed by atoms with Crippen LogP contribution in [-0.2, 0) is 13.1 Å². The van der Waals surface area contributed by atoms with Gasteiger partial charge >= 0.3 is 0 Å². The second-order valence-electron chi connectivity index (χ2n) is 4.79. The van der Waals surface area contributed by atoms with Crippen molar-refractivity contribution < 1.29 is 9.47 Å². The van der Waals surface area contributed by atoms with E-state index in [4.69, 9.17) is 9.47 Å². The normalized spacial score (nSPS) is 10.5. The molecule has 0 amide bonds. The fraction of sp³-hybridized carbons (Fsp3) is 0.294. The number of methoxy groups -OCH3 is 2. The van der Waals surface area contributed by atoms with E-state index < -0.39 is 0 Å². The third-order valence-corrected chi connectivity index (χ3v) is 3.29. The third kappa shape index (κ3) is 5.88. The second-order valence-corrected chi connectivity index (χ2v) is 4.79. The summed E-state index contributed by atoms with van der Waals surface area (Å²) in [6.07, 6.45) is 1.77. The maximum atomic E-state index is 5.31. The number of benzene rings is 1. The van der Waals surface area contributed by atoms with Crippen LogP contribution in [0.2, 0.25) is 0 Å². The van der Waals surface area contributed by atoms with Crippen LogP contribution in [0.4, 0.5) is 0 Å². The lowest BCUT2D eigenvalue weighted by Gasteiger charge is -2.13. The number of pyridine rings is 1. The highest BCUT2D eigenvalue weighted by atomic mass is 127. The lowest BCUT2D eigenvalue weighted by molar-refractivity contribution is 0.354. The summed E-state index contributed by atoms with van der Waals surface area (Å²) in [5.41, 5.74) is 2.03. The predicted molar refractivity (Wildman–Crippen MR) is 106 cm³/mol. The van der Waals surface area contributed by atoms with Crippen LogP contribution in [0.15, 0.2) is 47.6 Å². The van der Waals surface area contributed by atoms with Crippen molar-refractivity contribution >= 4 is 29.9 Å². The Bertz CT molecular complexity index is 650. The summed E-state index contributed by atoms with van der Waals surface area (Å²) in [5.74, 6) is 2.14. The fourth-order valence-electron chi connectivity index (χ4n) is 2.07. The van der Waals surface area contributed by atoms with E-state index >= 15 is 0 Å². The van der Waals surface area contributed by atoms with Gasteiger partial charge in [0.2, 0.25) is 0 Å². The van der Waals surface area contributed by atoms with Crippen molar-refractivity contribution in [1.29, 1.82) is 0 Å². The number of hydrogen-bond acceptors (Lipinski definition) is 4. The first-order chi connectivity index (χ1) is 11.3. The number of guanidine groups is 1. The molecule has 2 rings (SSSR count). The number of ether oxygens (including phenoxy) is 2. The van der Waals surface area contributed by atoms with E-state index in [9.17, 15) is 0 Å². The van der Waals surface area contributed by atoms with Crippen molar-refractivity contribution in [3.63, 3.8) is 0 Å². The zero-order valence-electron chi connectivity index (χ0n) is 14.1. The SMILES string of the molecule is CN=C(NCc1ccc(OC)c(OC)c1)NCc1ccccn1.I. The van der Waals surface area contributed by atoms with Gasteiger partial charge in [0.25, 0.3) is 0 Å². The maximum absolute atomic E-state index is 5.31. The molecule has 130 valence electrons. The highest BCUT2D eigenvalue weighted by Crippen LogP contribution is 2.27. The minimum Gasteiger partial charge on any atom is -0.493 e. The molecule has 7 heteroatoms. The standard InChI is InChI=1S/C17H22N4O2.HI/c1-18-17(21-12-14-6-4-5-9-19-14)20-11-13-7-8-15(22-2)16(10-13)23-3;/h4-10H,11-12H2,1-3H3,(H2,18,20,21);1H. The van der Waals surface area contributed by atoms with Crippen molar-refractivity contribution in [2.75, 3.05) is 21.3 Å². The summed E-state index contributed by atoms with van der Waals surface area (Å²) in [6.45, 7) is 1.24. The van der Waals surface area contributed by atoms with Gasteiger partial charge in [0.15, 0.2) is 17.5 Å². The van der Waals surface area contributed by atoms with Crippen LogP contribution in [0.1, 0.15) is 11.3 Å². The molecule has 0 saturated heterocycles. The average molecular weight is 442 g/mol. The molecule has 24 heavy (non-hydrogen) atoms. The van der Waals surface area contributed by atoms with Crippen LogP contribution in [0.3, 0.4) is 0 Å². The zero-order chi connectivity index (χ0) is 16.5. The first kappa shape index (κ1) is 20.0. The summed E-state index contributed by atoms with van der Waals surface area (Å²) < 4.78 is 10.5. The molecule has 1 aromatic carbocycles. The number of hydrogen-bond donors (Lipinski definition) is 2. The van der Waals surface area contributed by atoms with Crippen molar-refractivity contribution in [2.45, 2.75) is 13.1 Å². The number of halogens is 1. The van der Waals surface area contributed by atoms with Crippen molar-refractivity contribution in [1.82, 2.24) is 15.6 Å². The smallest absolute Gasteiger partial charge is 0.191 e. The summed E-state index contributed by atoms with van der Waals surface area (Å²) in [6, 6.07) is 11.6. The van der Waals surface area contributed by atoms with Crippen LogP contribution >= 0.6 is 24.0 Å². The average Bonchev–Trinajstić information content (AvgIpc) is 2.62. The monoisotopic (exact) mass is 442 g/mol. The molecule has 0 fully saturated rings. The summed E-state index contributed by atoms with van der Waals surface area (Å²) in [4.78, 5) is 8.47. The number of rotatable bonds is 6. The van der Waals surface area contributed by atoms with Crippen LogP contribution in [0.25, 0.3) is 0 Å². The lowest BCUT2D eigenvalue weighted by atomic mass is 10.2. The van der Waals surface area contributed by atoms with Gasteiger partial charge in [-0.05, 0) is 29.8 Å². The molecular weight excluding hydrogens is 419 g/mol. The molecule has 1 heterocycles. The predicted octanol–water partition coefficient (Wildman–Crippen LogP) is 2.58. The minimum absolute atomic E-state index is 0. The molecule has 0 bridgehead atoms. The fourth-order valence-corrected chi connectivity index (χ4v) is 2.07. The van der Waals surface area contributed by atoms with Gasteiger partial charge in [-0.25, -0.2) is 0 Å². The van der Waals surface area contributed by atoms with Crippen LogP contribution < -0.4 is 20.1 Å². The molecule has 0 atom stereocenters. The van der Waals surface area contributed by atoms with Crippen LogP contribution in [0.5, 0.6) is 11.5 Å². The van der Waals surface area contributed by atoms with Gasteiger partial charge in [-0.2, -0.15) is 0 Å².